The van der Waals surface area contributed by atoms with Gasteiger partial charge in [-0.15, -0.1) is 0 Å². The zero-order valence-electron chi connectivity index (χ0n) is 14.0. The number of anilines is 2. The summed E-state index contributed by atoms with van der Waals surface area (Å²) in [6.07, 6.45) is 0. The number of hydrogen-bond donors (Lipinski definition) is 2. The second-order valence-electron chi connectivity index (χ2n) is 6.38. The maximum atomic E-state index is 12.4. The first-order chi connectivity index (χ1) is 12.8. The molecular weight excluding hydrogens is 320 g/mol. The molecule has 4 aromatic rings. The molecule has 0 unspecified atom stereocenters. The van der Waals surface area contributed by atoms with Crippen LogP contribution in [-0.2, 0) is 0 Å². The standard InChI is InChI=1S/C23H16N2O/c26-23(24-15-7-2-1-3-8-15)25-21-14-13-19-17-10-5-4-9-16(17)18-11-6-12-20(21)22(18)19/h1-14H,(H2,24,25,26). The summed E-state index contributed by atoms with van der Waals surface area (Å²) in [6.45, 7) is 0. The van der Waals surface area contributed by atoms with Gasteiger partial charge in [0.25, 0.3) is 0 Å². The fraction of sp³-hybridized carbons (Fsp3) is 0. The molecule has 0 bridgehead atoms. The minimum absolute atomic E-state index is 0.243. The van der Waals surface area contributed by atoms with E-state index in [0.29, 0.717) is 0 Å². The lowest BCUT2D eigenvalue weighted by Crippen LogP contribution is -2.19. The van der Waals surface area contributed by atoms with Crippen LogP contribution in [0.1, 0.15) is 0 Å². The molecule has 2 N–H and O–H groups in total. The molecule has 2 amide bonds. The highest BCUT2D eigenvalue weighted by molar-refractivity contribution is 6.19. The molecule has 1 aliphatic carbocycles. The van der Waals surface area contributed by atoms with Crippen molar-refractivity contribution in [2.24, 2.45) is 0 Å². The van der Waals surface area contributed by atoms with E-state index >= 15 is 0 Å². The molecule has 0 atom stereocenters. The zero-order chi connectivity index (χ0) is 17.5. The topological polar surface area (TPSA) is 41.1 Å². The molecule has 0 aliphatic heterocycles. The zero-order valence-corrected chi connectivity index (χ0v) is 14.0. The molecule has 0 saturated carbocycles. The Morgan fingerprint density at radius 3 is 2.00 bits per heavy atom. The van der Waals surface area contributed by atoms with Crippen LogP contribution in [0.5, 0.6) is 0 Å². The maximum Gasteiger partial charge on any atom is 0.323 e. The van der Waals surface area contributed by atoms with Gasteiger partial charge in [0.05, 0.1) is 5.69 Å². The van der Waals surface area contributed by atoms with Crippen molar-refractivity contribution < 1.29 is 4.79 Å². The third kappa shape index (κ3) is 2.25. The van der Waals surface area contributed by atoms with Gasteiger partial charge in [0, 0.05) is 11.1 Å². The third-order valence-corrected chi connectivity index (χ3v) is 4.83. The summed E-state index contributed by atoms with van der Waals surface area (Å²) >= 11 is 0. The predicted molar refractivity (Wildman–Crippen MR) is 107 cm³/mol. The number of amides is 2. The van der Waals surface area contributed by atoms with Gasteiger partial charge in [0.1, 0.15) is 0 Å². The largest absolute Gasteiger partial charge is 0.323 e. The summed E-state index contributed by atoms with van der Waals surface area (Å²) in [6, 6.07) is 28.0. The molecule has 3 nitrogen and oxygen atoms in total. The van der Waals surface area contributed by atoms with Gasteiger partial charge in [-0.1, -0.05) is 66.7 Å². The van der Waals surface area contributed by atoms with Crippen LogP contribution in [0.15, 0.2) is 84.9 Å². The van der Waals surface area contributed by atoms with Crippen LogP contribution in [0.3, 0.4) is 0 Å². The Kier molecular flexibility index (Phi) is 3.25. The molecule has 124 valence electrons. The first-order valence-corrected chi connectivity index (χ1v) is 8.60. The summed E-state index contributed by atoms with van der Waals surface area (Å²) in [7, 11) is 0. The van der Waals surface area contributed by atoms with Gasteiger partial charge in [-0.2, -0.15) is 0 Å². The van der Waals surface area contributed by atoms with Crippen molar-refractivity contribution >= 4 is 28.2 Å². The number of benzene rings is 4. The van der Waals surface area contributed by atoms with Crippen molar-refractivity contribution in [2.45, 2.75) is 0 Å². The van der Waals surface area contributed by atoms with Crippen LogP contribution in [-0.4, -0.2) is 6.03 Å². The quantitative estimate of drug-likeness (QED) is 0.400. The smallest absolute Gasteiger partial charge is 0.308 e. The van der Waals surface area contributed by atoms with Crippen molar-refractivity contribution in [3.8, 4) is 22.3 Å². The number of nitrogens with one attached hydrogen (secondary N) is 2. The van der Waals surface area contributed by atoms with Crippen LogP contribution in [0.2, 0.25) is 0 Å². The lowest BCUT2D eigenvalue weighted by molar-refractivity contribution is 0.262. The Balaban J connectivity index is 1.55. The van der Waals surface area contributed by atoms with Crippen LogP contribution < -0.4 is 10.6 Å². The molecule has 3 heteroatoms. The summed E-state index contributed by atoms with van der Waals surface area (Å²) in [4.78, 5) is 12.4. The molecule has 0 aromatic heterocycles. The number of para-hydroxylation sites is 1. The van der Waals surface area contributed by atoms with Crippen LogP contribution in [0.4, 0.5) is 16.2 Å². The number of urea groups is 1. The van der Waals surface area contributed by atoms with Gasteiger partial charge in [-0.05, 0) is 45.8 Å². The van der Waals surface area contributed by atoms with Gasteiger partial charge in [0.15, 0.2) is 0 Å². The van der Waals surface area contributed by atoms with E-state index in [-0.39, 0.29) is 6.03 Å². The Labute approximate surface area is 151 Å². The number of hydrogen-bond acceptors (Lipinski definition) is 1. The average molecular weight is 336 g/mol. The van der Waals surface area contributed by atoms with Crippen LogP contribution in [0.25, 0.3) is 33.0 Å². The van der Waals surface area contributed by atoms with E-state index in [9.17, 15) is 4.79 Å². The molecule has 26 heavy (non-hydrogen) atoms. The van der Waals surface area contributed by atoms with E-state index in [0.717, 1.165) is 16.8 Å². The Bertz CT molecular complexity index is 1120. The minimum atomic E-state index is -0.243. The fourth-order valence-electron chi connectivity index (χ4n) is 3.72. The molecule has 0 saturated heterocycles. The first kappa shape index (κ1) is 14.7. The molecule has 0 fully saturated rings. The van der Waals surface area contributed by atoms with Crippen LogP contribution in [0, 0.1) is 0 Å². The number of carbonyl (C=O) groups is 1. The van der Waals surface area contributed by atoms with E-state index in [4.69, 9.17) is 0 Å². The Morgan fingerprint density at radius 2 is 1.23 bits per heavy atom. The summed E-state index contributed by atoms with van der Waals surface area (Å²) in [5.74, 6) is 0. The number of rotatable bonds is 2. The Morgan fingerprint density at radius 1 is 0.577 bits per heavy atom. The summed E-state index contributed by atoms with van der Waals surface area (Å²) < 4.78 is 0. The van der Waals surface area contributed by atoms with E-state index < -0.39 is 0 Å². The molecule has 0 radical (unpaired) electrons. The van der Waals surface area contributed by atoms with Crippen LogP contribution >= 0.6 is 0 Å². The van der Waals surface area contributed by atoms with Crippen molar-refractivity contribution in [2.75, 3.05) is 10.6 Å². The van der Waals surface area contributed by atoms with E-state index in [1.807, 2.05) is 42.5 Å². The second-order valence-corrected chi connectivity index (χ2v) is 6.38. The molecule has 4 aromatic carbocycles. The lowest BCUT2D eigenvalue weighted by atomic mass is 10.0. The minimum Gasteiger partial charge on any atom is -0.308 e. The Hall–Kier alpha value is -3.59. The highest BCUT2D eigenvalue weighted by atomic mass is 16.2. The van der Waals surface area contributed by atoms with E-state index in [1.54, 1.807) is 0 Å². The van der Waals surface area contributed by atoms with Crippen molar-refractivity contribution in [3.05, 3.63) is 84.9 Å². The van der Waals surface area contributed by atoms with Gasteiger partial charge < -0.3 is 10.6 Å². The van der Waals surface area contributed by atoms with Crippen molar-refractivity contribution in [3.63, 3.8) is 0 Å². The van der Waals surface area contributed by atoms with Crippen molar-refractivity contribution in [1.29, 1.82) is 0 Å². The summed E-state index contributed by atoms with van der Waals surface area (Å²) in [5.41, 5.74) is 6.52. The average Bonchev–Trinajstić information content (AvgIpc) is 3.00. The van der Waals surface area contributed by atoms with Gasteiger partial charge in [0.2, 0.25) is 0 Å². The second kappa shape index (κ2) is 5.74. The fourth-order valence-corrected chi connectivity index (χ4v) is 3.72. The van der Waals surface area contributed by atoms with E-state index in [2.05, 4.69) is 53.1 Å². The SMILES string of the molecule is O=C(Nc1ccccc1)Nc1ccc2c3c(cccc13)-c1ccccc1-2. The normalized spacial score (nSPS) is 11.2. The van der Waals surface area contributed by atoms with Crippen molar-refractivity contribution in [1.82, 2.24) is 0 Å². The highest BCUT2D eigenvalue weighted by Crippen LogP contribution is 2.48. The highest BCUT2D eigenvalue weighted by Gasteiger charge is 2.22. The number of fused-ring (bicyclic) bond motifs is 3. The molecular formula is C23H16N2O. The number of carbonyl (C=O) groups excluding carboxylic acids is 1. The van der Waals surface area contributed by atoms with Gasteiger partial charge in [-0.3, -0.25) is 0 Å². The lowest BCUT2D eigenvalue weighted by Gasteiger charge is -2.11. The predicted octanol–water partition coefficient (Wildman–Crippen LogP) is 6.13. The van der Waals surface area contributed by atoms with Gasteiger partial charge >= 0.3 is 6.03 Å². The molecule has 5 rings (SSSR count). The maximum absolute atomic E-state index is 12.4. The first-order valence-electron chi connectivity index (χ1n) is 8.60. The molecule has 0 heterocycles. The summed E-state index contributed by atoms with van der Waals surface area (Å²) in [5, 5.41) is 8.11. The molecule has 1 aliphatic rings. The molecule has 0 spiro atoms. The van der Waals surface area contributed by atoms with E-state index in [1.165, 1.54) is 27.6 Å². The third-order valence-electron chi connectivity index (χ3n) is 4.83. The van der Waals surface area contributed by atoms with Gasteiger partial charge in [-0.25, -0.2) is 4.79 Å². The monoisotopic (exact) mass is 336 g/mol.